The first kappa shape index (κ1) is 23.8. The molecule has 0 saturated carbocycles. The molecule has 1 N–H and O–H groups in total. The van der Waals surface area contributed by atoms with Crippen molar-refractivity contribution in [3.63, 3.8) is 0 Å². The van der Waals surface area contributed by atoms with E-state index in [4.69, 9.17) is 0 Å². The minimum atomic E-state index is -4.59. The number of fused-ring (bicyclic) bond motifs is 1. The maximum absolute atomic E-state index is 13.5. The number of hydrogen-bond acceptors (Lipinski definition) is 5. The van der Waals surface area contributed by atoms with Crippen LogP contribution in [0.25, 0.3) is 22.2 Å². The second-order valence-corrected chi connectivity index (χ2v) is 9.04. The minimum absolute atomic E-state index is 0.232. The van der Waals surface area contributed by atoms with Crippen molar-refractivity contribution < 1.29 is 18.0 Å². The molecule has 4 aromatic rings. The van der Waals surface area contributed by atoms with Crippen LogP contribution in [0.5, 0.6) is 0 Å². The van der Waals surface area contributed by atoms with Crippen molar-refractivity contribution >= 4 is 22.5 Å². The Kier molecular flexibility index (Phi) is 6.11. The lowest BCUT2D eigenvalue weighted by molar-refractivity contribution is -0.138. The van der Waals surface area contributed by atoms with E-state index in [-0.39, 0.29) is 11.6 Å². The van der Waals surface area contributed by atoms with Crippen LogP contribution in [-0.2, 0) is 13.2 Å². The van der Waals surface area contributed by atoms with Crippen molar-refractivity contribution in [3.8, 4) is 11.4 Å². The van der Waals surface area contributed by atoms with Crippen molar-refractivity contribution in [2.75, 3.05) is 18.0 Å². The van der Waals surface area contributed by atoms with E-state index in [0.717, 1.165) is 34.0 Å². The number of carbonyl (C=O) groups is 1. The molecular weight excluding hydrogens is 469 g/mol. The molecule has 3 heterocycles. The molecule has 0 atom stereocenters. The highest BCUT2D eigenvalue weighted by molar-refractivity contribution is 6.00. The number of anilines is 1. The summed E-state index contributed by atoms with van der Waals surface area (Å²) in [6.45, 7) is 2.76. The molecule has 186 valence electrons. The zero-order valence-electron chi connectivity index (χ0n) is 19.9. The molecule has 1 saturated heterocycles. The quantitative estimate of drug-likeness (QED) is 0.443. The normalized spacial score (nSPS) is 14.9. The van der Waals surface area contributed by atoms with Gasteiger partial charge in [-0.3, -0.25) is 9.48 Å². The Morgan fingerprint density at radius 2 is 1.75 bits per heavy atom. The Bertz CT molecular complexity index is 1420. The molecule has 36 heavy (non-hydrogen) atoms. The van der Waals surface area contributed by atoms with Crippen LogP contribution in [0.3, 0.4) is 0 Å². The summed E-state index contributed by atoms with van der Waals surface area (Å²) in [5.41, 5.74) is 0.803. The average molecular weight is 495 g/mol. The Hall–Kier alpha value is -3.95. The maximum Gasteiger partial charge on any atom is 0.417 e. The molecule has 5 rings (SSSR count). The zero-order chi connectivity index (χ0) is 25.4. The summed E-state index contributed by atoms with van der Waals surface area (Å²) in [5.74, 6) is 0.0470. The number of piperidine rings is 1. The molecule has 0 unspecified atom stereocenters. The number of aromatic nitrogens is 4. The monoisotopic (exact) mass is 494 g/mol. The van der Waals surface area contributed by atoms with E-state index in [2.05, 4.69) is 25.5 Å². The number of carbonyl (C=O) groups excluding carboxylic acids is 1. The Balaban J connectivity index is 1.32. The summed E-state index contributed by atoms with van der Waals surface area (Å²) in [7, 11) is 1.85. The minimum Gasteiger partial charge on any atom is -0.354 e. The predicted octanol–water partition coefficient (Wildman–Crippen LogP) is 4.76. The third-order valence-corrected chi connectivity index (χ3v) is 6.59. The standard InChI is InChI=1S/C26H25F3N6O/c1-16-7-8-20(21(15-16)26(27,28)29)25(36)31-17-10-13-35(14-11-17)24-19-6-4-3-5-18(19)23(32-33-24)22-9-12-30-34(22)2/h3-9,12,15,17H,10-11,13-14H2,1-2H3,(H,31,36). The molecule has 1 aliphatic heterocycles. The van der Waals surface area contributed by atoms with Gasteiger partial charge in [0.05, 0.1) is 16.8 Å². The Morgan fingerprint density at radius 3 is 2.42 bits per heavy atom. The van der Waals surface area contributed by atoms with Gasteiger partial charge in [0.1, 0.15) is 5.69 Å². The smallest absolute Gasteiger partial charge is 0.354 e. The molecule has 1 fully saturated rings. The number of nitrogens with one attached hydrogen (secondary N) is 1. The van der Waals surface area contributed by atoms with E-state index in [1.54, 1.807) is 17.8 Å². The Labute approximate surface area is 205 Å². The van der Waals surface area contributed by atoms with Crippen molar-refractivity contribution in [2.24, 2.45) is 7.05 Å². The molecule has 1 aliphatic rings. The second kappa shape index (κ2) is 9.25. The molecule has 0 radical (unpaired) electrons. The molecule has 1 amide bonds. The SMILES string of the molecule is Cc1ccc(C(=O)NC2CCN(c3nnc(-c4ccnn4C)c4ccccc34)CC2)c(C(F)(F)F)c1. The summed E-state index contributed by atoms with van der Waals surface area (Å²) >= 11 is 0. The average Bonchev–Trinajstić information content (AvgIpc) is 3.29. The fourth-order valence-electron chi connectivity index (χ4n) is 4.71. The molecule has 10 heteroatoms. The highest BCUT2D eigenvalue weighted by Crippen LogP contribution is 2.34. The Morgan fingerprint density at radius 1 is 1.03 bits per heavy atom. The third-order valence-electron chi connectivity index (χ3n) is 6.59. The zero-order valence-corrected chi connectivity index (χ0v) is 19.9. The van der Waals surface area contributed by atoms with Gasteiger partial charge in [-0.2, -0.15) is 18.3 Å². The number of amides is 1. The van der Waals surface area contributed by atoms with Crippen molar-refractivity contribution in [2.45, 2.75) is 32.0 Å². The van der Waals surface area contributed by atoms with E-state index in [1.807, 2.05) is 37.4 Å². The van der Waals surface area contributed by atoms with Crippen LogP contribution in [0.1, 0.15) is 34.3 Å². The largest absolute Gasteiger partial charge is 0.417 e. The lowest BCUT2D eigenvalue weighted by Crippen LogP contribution is -2.45. The summed E-state index contributed by atoms with van der Waals surface area (Å²) in [4.78, 5) is 14.9. The lowest BCUT2D eigenvalue weighted by atomic mass is 10.0. The third kappa shape index (κ3) is 4.50. The number of hydrogen-bond donors (Lipinski definition) is 1. The highest BCUT2D eigenvalue weighted by Gasteiger charge is 2.36. The summed E-state index contributed by atoms with van der Waals surface area (Å²) < 4.78 is 42.2. The van der Waals surface area contributed by atoms with Crippen molar-refractivity contribution in [1.82, 2.24) is 25.3 Å². The number of halogens is 3. The van der Waals surface area contributed by atoms with Gasteiger partial charge in [0.15, 0.2) is 5.82 Å². The fraction of sp³-hybridized carbons (Fsp3) is 0.308. The van der Waals surface area contributed by atoms with E-state index >= 15 is 0 Å². The van der Waals surface area contributed by atoms with Crippen LogP contribution in [-0.4, -0.2) is 45.0 Å². The van der Waals surface area contributed by atoms with Gasteiger partial charge in [-0.15, -0.1) is 10.2 Å². The molecule has 0 spiro atoms. The molecule has 2 aromatic heterocycles. The molecular formula is C26H25F3N6O. The summed E-state index contributed by atoms with van der Waals surface area (Å²) in [6, 6.07) is 13.3. The van der Waals surface area contributed by atoms with Gasteiger partial charge in [0, 0.05) is 43.1 Å². The summed E-state index contributed by atoms with van der Waals surface area (Å²) in [5, 5.41) is 18.0. The highest BCUT2D eigenvalue weighted by atomic mass is 19.4. The fourth-order valence-corrected chi connectivity index (χ4v) is 4.71. The molecule has 2 aromatic carbocycles. The van der Waals surface area contributed by atoms with Crippen LogP contribution in [0, 0.1) is 6.92 Å². The van der Waals surface area contributed by atoms with Gasteiger partial charge in [-0.05, 0) is 38.0 Å². The first-order chi connectivity index (χ1) is 17.2. The van der Waals surface area contributed by atoms with Gasteiger partial charge < -0.3 is 10.2 Å². The van der Waals surface area contributed by atoms with E-state index in [9.17, 15) is 18.0 Å². The first-order valence-corrected chi connectivity index (χ1v) is 11.7. The van der Waals surface area contributed by atoms with E-state index in [0.29, 0.717) is 31.5 Å². The van der Waals surface area contributed by atoms with Crippen LogP contribution < -0.4 is 10.2 Å². The number of alkyl halides is 3. The van der Waals surface area contributed by atoms with Crippen LogP contribution in [0.4, 0.5) is 19.0 Å². The second-order valence-electron chi connectivity index (χ2n) is 9.04. The molecule has 7 nitrogen and oxygen atoms in total. The van der Waals surface area contributed by atoms with E-state index in [1.165, 1.54) is 12.1 Å². The topological polar surface area (TPSA) is 75.9 Å². The predicted molar refractivity (Wildman–Crippen MR) is 131 cm³/mol. The van der Waals surface area contributed by atoms with Crippen LogP contribution in [0.15, 0.2) is 54.7 Å². The first-order valence-electron chi connectivity index (χ1n) is 11.7. The number of aryl methyl sites for hydroxylation is 2. The number of rotatable bonds is 4. The summed E-state index contributed by atoms with van der Waals surface area (Å²) in [6.07, 6.45) is -1.71. The van der Waals surface area contributed by atoms with Gasteiger partial charge in [0.2, 0.25) is 0 Å². The maximum atomic E-state index is 13.5. The lowest BCUT2D eigenvalue weighted by Gasteiger charge is -2.33. The van der Waals surface area contributed by atoms with Crippen LogP contribution >= 0.6 is 0 Å². The van der Waals surface area contributed by atoms with Gasteiger partial charge in [-0.1, -0.05) is 35.9 Å². The molecule has 0 bridgehead atoms. The van der Waals surface area contributed by atoms with E-state index < -0.39 is 17.6 Å². The van der Waals surface area contributed by atoms with Crippen LogP contribution in [0.2, 0.25) is 0 Å². The molecule has 0 aliphatic carbocycles. The van der Waals surface area contributed by atoms with Gasteiger partial charge >= 0.3 is 6.18 Å². The van der Waals surface area contributed by atoms with Crippen molar-refractivity contribution in [1.29, 1.82) is 0 Å². The van der Waals surface area contributed by atoms with Crippen molar-refractivity contribution in [3.05, 3.63) is 71.4 Å². The number of benzene rings is 2. The van der Waals surface area contributed by atoms with Gasteiger partial charge in [-0.25, -0.2) is 0 Å². The van der Waals surface area contributed by atoms with Gasteiger partial charge in [0.25, 0.3) is 5.91 Å². The number of nitrogens with zero attached hydrogens (tertiary/aromatic N) is 5.